The summed E-state index contributed by atoms with van der Waals surface area (Å²) >= 11 is 4.97. The molecule has 0 fully saturated rings. The van der Waals surface area contributed by atoms with Crippen LogP contribution in [0.5, 0.6) is 0 Å². The summed E-state index contributed by atoms with van der Waals surface area (Å²) in [7, 11) is 0. The molecule has 7 heteroatoms. The Labute approximate surface area is 146 Å². The van der Waals surface area contributed by atoms with Crippen LogP contribution in [0.3, 0.4) is 0 Å². The summed E-state index contributed by atoms with van der Waals surface area (Å²) < 4.78 is 2.81. The molecule has 2 heterocycles. The number of rotatable bonds is 5. The van der Waals surface area contributed by atoms with Crippen LogP contribution in [0.25, 0.3) is 0 Å². The summed E-state index contributed by atoms with van der Waals surface area (Å²) in [5, 5.41) is 10.0. The van der Waals surface area contributed by atoms with Crippen LogP contribution in [0.15, 0.2) is 46.4 Å². The highest BCUT2D eigenvalue weighted by molar-refractivity contribution is 9.10. The predicted octanol–water partition coefficient (Wildman–Crippen LogP) is 3.64. The van der Waals surface area contributed by atoms with E-state index in [0.29, 0.717) is 12.4 Å². The van der Waals surface area contributed by atoms with Crippen LogP contribution in [0.2, 0.25) is 0 Å². The Morgan fingerprint density at radius 3 is 2.78 bits per heavy atom. The van der Waals surface area contributed by atoms with Crippen molar-refractivity contribution in [3.05, 3.63) is 62.6 Å². The first-order valence-electron chi connectivity index (χ1n) is 7.07. The van der Waals surface area contributed by atoms with Gasteiger partial charge in [0.2, 0.25) is 5.91 Å². The molecule has 1 N–H and O–H groups in total. The van der Waals surface area contributed by atoms with E-state index in [0.717, 1.165) is 20.7 Å². The predicted molar refractivity (Wildman–Crippen MR) is 94.7 cm³/mol. The van der Waals surface area contributed by atoms with Crippen LogP contribution in [0.4, 0.5) is 5.82 Å². The fraction of sp³-hybridized carbons (Fsp3) is 0.188. The fourth-order valence-corrected chi connectivity index (χ4v) is 3.05. The molecule has 1 aromatic carbocycles. The van der Waals surface area contributed by atoms with Crippen LogP contribution in [0.1, 0.15) is 16.3 Å². The Kier molecular flexibility index (Phi) is 4.88. The minimum absolute atomic E-state index is 0.0899. The summed E-state index contributed by atoms with van der Waals surface area (Å²) in [6, 6.07) is 9.82. The molecule has 3 aromatic rings. The van der Waals surface area contributed by atoms with Crippen molar-refractivity contribution in [1.29, 1.82) is 0 Å². The number of amides is 1. The maximum Gasteiger partial charge on any atom is 0.231 e. The molecule has 0 radical (unpaired) electrons. The van der Waals surface area contributed by atoms with Crippen LogP contribution in [-0.4, -0.2) is 20.7 Å². The van der Waals surface area contributed by atoms with Gasteiger partial charge in [-0.05, 0) is 24.6 Å². The van der Waals surface area contributed by atoms with Gasteiger partial charge in [0.15, 0.2) is 0 Å². The Hall–Kier alpha value is -1.99. The SMILES string of the molecule is Cc1nc(CC(=O)Nc2ccnn2Cc2ccc(Br)cc2)cs1. The van der Waals surface area contributed by atoms with Crippen LogP contribution in [0, 0.1) is 6.92 Å². The Balaban J connectivity index is 1.66. The number of aromatic nitrogens is 3. The lowest BCUT2D eigenvalue weighted by Gasteiger charge is -2.09. The quantitative estimate of drug-likeness (QED) is 0.723. The van der Waals surface area contributed by atoms with E-state index in [1.807, 2.05) is 36.6 Å². The zero-order valence-electron chi connectivity index (χ0n) is 12.5. The van der Waals surface area contributed by atoms with Gasteiger partial charge in [-0.15, -0.1) is 11.3 Å². The fourth-order valence-electron chi connectivity index (χ4n) is 2.17. The number of carbonyl (C=O) groups is 1. The first kappa shape index (κ1) is 15.9. The molecule has 23 heavy (non-hydrogen) atoms. The van der Waals surface area contributed by atoms with E-state index in [-0.39, 0.29) is 12.3 Å². The lowest BCUT2D eigenvalue weighted by molar-refractivity contribution is -0.115. The van der Waals surface area contributed by atoms with Crippen molar-refractivity contribution in [1.82, 2.24) is 14.8 Å². The summed E-state index contributed by atoms with van der Waals surface area (Å²) in [5.41, 5.74) is 1.91. The lowest BCUT2D eigenvalue weighted by atomic mass is 10.2. The van der Waals surface area contributed by atoms with Crippen molar-refractivity contribution in [2.75, 3.05) is 5.32 Å². The third kappa shape index (κ3) is 4.27. The molecule has 0 saturated heterocycles. The van der Waals surface area contributed by atoms with Gasteiger partial charge in [0.1, 0.15) is 5.82 Å². The average Bonchev–Trinajstić information content (AvgIpc) is 3.11. The summed E-state index contributed by atoms with van der Waals surface area (Å²) in [5.74, 6) is 0.595. The van der Waals surface area contributed by atoms with E-state index in [1.165, 1.54) is 0 Å². The second-order valence-corrected chi connectivity index (χ2v) is 7.06. The summed E-state index contributed by atoms with van der Waals surface area (Å²) in [4.78, 5) is 16.5. The second kappa shape index (κ2) is 7.06. The average molecular weight is 391 g/mol. The molecule has 2 aromatic heterocycles. The maximum absolute atomic E-state index is 12.1. The monoisotopic (exact) mass is 390 g/mol. The van der Waals surface area contributed by atoms with Gasteiger partial charge in [-0.25, -0.2) is 9.67 Å². The molecule has 0 unspecified atom stereocenters. The smallest absolute Gasteiger partial charge is 0.231 e. The first-order chi connectivity index (χ1) is 11.1. The van der Waals surface area contributed by atoms with Gasteiger partial charge in [-0.3, -0.25) is 4.79 Å². The van der Waals surface area contributed by atoms with Crippen molar-refractivity contribution in [3.8, 4) is 0 Å². The number of carbonyl (C=O) groups excluding carboxylic acids is 1. The van der Waals surface area contributed by atoms with Crippen molar-refractivity contribution in [2.24, 2.45) is 0 Å². The van der Waals surface area contributed by atoms with E-state index in [2.05, 4.69) is 31.3 Å². The zero-order valence-corrected chi connectivity index (χ0v) is 14.9. The first-order valence-corrected chi connectivity index (χ1v) is 8.74. The zero-order chi connectivity index (χ0) is 16.2. The molecular formula is C16H15BrN4OS. The van der Waals surface area contributed by atoms with E-state index in [9.17, 15) is 4.79 Å². The number of hydrogen-bond acceptors (Lipinski definition) is 4. The molecule has 0 aliphatic heterocycles. The number of benzene rings is 1. The molecule has 0 aliphatic rings. The number of aryl methyl sites for hydroxylation is 1. The maximum atomic E-state index is 12.1. The molecule has 0 saturated carbocycles. The molecular weight excluding hydrogens is 376 g/mol. The minimum Gasteiger partial charge on any atom is -0.311 e. The largest absolute Gasteiger partial charge is 0.311 e. The van der Waals surface area contributed by atoms with Gasteiger partial charge >= 0.3 is 0 Å². The highest BCUT2D eigenvalue weighted by Gasteiger charge is 2.10. The molecule has 3 rings (SSSR count). The van der Waals surface area contributed by atoms with Gasteiger partial charge in [-0.1, -0.05) is 28.1 Å². The molecule has 0 bridgehead atoms. The number of hydrogen-bond donors (Lipinski definition) is 1. The van der Waals surface area contributed by atoms with E-state index in [1.54, 1.807) is 28.3 Å². The van der Waals surface area contributed by atoms with Crippen LogP contribution >= 0.6 is 27.3 Å². The van der Waals surface area contributed by atoms with Gasteiger partial charge in [0, 0.05) is 15.9 Å². The third-order valence-electron chi connectivity index (χ3n) is 3.24. The van der Waals surface area contributed by atoms with Crippen molar-refractivity contribution < 1.29 is 4.79 Å². The number of halogens is 1. The molecule has 5 nitrogen and oxygen atoms in total. The van der Waals surface area contributed by atoms with E-state index >= 15 is 0 Å². The Morgan fingerprint density at radius 2 is 2.09 bits per heavy atom. The van der Waals surface area contributed by atoms with E-state index < -0.39 is 0 Å². The third-order valence-corrected chi connectivity index (χ3v) is 4.59. The summed E-state index contributed by atoms with van der Waals surface area (Å²) in [6.07, 6.45) is 1.95. The van der Waals surface area contributed by atoms with Crippen molar-refractivity contribution in [3.63, 3.8) is 0 Å². The van der Waals surface area contributed by atoms with Crippen LogP contribution < -0.4 is 5.32 Å². The Bertz CT molecular complexity index is 810. The molecule has 118 valence electrons. The van der Waals surface area contributed by atoms with Gasteiger partial charge in [0.05, 0.1) is 29.9 Å². The number of nitrogens with zero attached hydrogens (tertiary/aromatic N) is 3. The molecule has 0 atom stereocenters. The minimum atomic E-state index is -0.0899. The van der Waals surface area contributed by atoms with E-state index in [4.69, 9.17) is 0 Å². The van der Waals surface area contributed by atoms with Crippen LogP contribution in [-0.2, 0) is 17.8 Å². The number of thiazole rings is 1. The normalized spacial score (nSPS) is 10.7. The Morgan fingerprint density at radius 1 is 1.30 bits per heavy atom. The van der Waals surface area contributed by atoms with Crippen molar-refractivity contribution >= 4 is 39.0 Å². The van der Waals surface area contributed by atoms with Gasteiger partial charge < -0.3 is 5.32 Å². The summed E-state index contributed by atoms with van der Waals surface area (Å²) in [6.45, 7) is 2.53. The topological polar surface area (TPSA) is 59.8 Å². The second-order valence-electron chi connectivity index (χ2n) is 5.08. The molecule has 0 spiro atoms. The molecule has 1 amide bonds. The van der Waals surface area contributed by atoms with Gasteiger partial charge in [0.25, 0.3) is 0 Å². The lowest BCUT2D eigenvalue weighted by Crippen LogP contribution is -2.18. The highest BCUT2D eigenvalue weighted by atomic mass is 79.9. The highest BCUT2D eigenvalue weighted by Crippen LogP contribution is 2.15. The number of anilines is 1. The molecule has 0 aliphatic carbocycles. The standard InChI is InChI=1S/C16H15BrN4OS/c1-11-19-14(10-23-11)8-16(22)20-15-6-7-18-21(15)9-12-2-4-13(17)5-3-12/h2-7,10H,8-9H2,1H3,(H,20,22). The number of nitrogens with one attached hydrogen (secondary N) is 1. The van der Waals surface area contributed by atoms with Gasteiger partial charge in [-0.2, -0.15) is 5.10 Å². The van der Waals surface area contributed by atoms with Crippen molar-refractivity contribution in [2.45, 2.75) is 19.9 Å².